The van der Waals surface area contributed by atoms with Crippen LogP contribution >= 0.6 is 0 Å². The molecule has 0 heterocycles. The van der Waals surface area contributed by atoms with Gasteiger partial charge in [-0.05, 0) is 37.1 Å². The molecule has 0 atom stereocenters. The van der Waals surface area contributed by atoms with E-state index in [4.69, 9.17) is 16.1 Å². The zero-order valence-electron chi connectivity index (χ0n) is 12.7. The number of carbonyl (C=O) groups is 2. The molecule has 23 heavy (non-hydrogen) atoms. The van der Waals surface area contributed by atoms with Crippen LogP contribution in [-0.2, 0) is 9.59 Å². The molecule has 1 aromatic rings. The summed E-state index contributed by atoms with van der Waals surface area (Å²) in [5, 5.41) is 23.0. The molecule has 0 fully saturated rings. The van der Waals surface area contributed by atoms with Crippen molar-refractivity contribution in [3.05, 3.63) is 36.0 Å². The lowest BCUT2D eigenvalue weighted by atomic mass is 10.2. The fraction of sp³-hybridized carbons (Fsp3) is 0.312. The van der Waals surface area contributed by atoms with Gasteiger partial charge in [-0.2, -0.15) is 5.26 Å². The minimum absolute atomic E-state index is 0.0349. The van der Waals surface area contributed by atoms with E-state index >= 15 is 0 Å². The molecule has 0 aliphatic heterocycles. The highest BCUT2D eigenvalue weighted by molar-refractivity contribution is 6.06. The SMILES string of the molecule is N#C/C(=C/NCCCCCC(=O)O)C(=O)Nc1ccc(N)cc1. The smallest absolute Gasteiger partial charge is 0.303 e. The highest BCUT2D eigenvalue weighted by atomic mass is 16.4. The summed E-state index contributed by atoms with van der Waals surface area (Å²) in [5.74, 6) is -1.31. The molecule has 1 rings (SSSR count). The van der Waals surface area contributed by atoms with Gasteiger partial charge in [0.05, 0.1) is 0 Å². The Morgan fingerprint density at radius 1 is 1.22 bits per heavy atom. The monoisotopic (exact) mass is 316 g/mol. The summed E-state index contributed by atoms with van der Waals surface area (Å²) in [6.07, 6.45) is 3.67. The number of nitrogens with one attached hydrogen (secondary N) is 2. The third kappa shape index (κ3) is 7.52. The molecule has 0 unspecified atom stereocenters. The number of nitrogen functional groups attached to an aromatic ring is 1. The number of aliphatic carboxylic acids is 1. The van der Waals surface area contributed by atoms with Gasteiger partial charge >= 0.3 is 5.97 Å². The zero-order chi connectivity index (χ0) is 17.1. The Bertz CT molecular complexity index is 603. The van der Waals surface area contributed by atoms with Gasteiger partial charge in [0.2, 0.25) is 0 Å². The Morgan fingerprint density at radius 2 is 1.91 bits per heavy atom. The number of benzene rings is 1. The molecule has 5 N–H and O–H groups in total. The third-order valence-corrected chi connectivity index (χ3v) is 2.99. The Balaban J connectivity index is 2.36. The first-order chi connectivity index (χ1) is 11.0. The molecule has 1 amide bonds. The van der Waals surface area contributed by atoms with E-state index in [1.165, 1.54) is 6.20 Å². The van der Waals surface area contributed by atoms with Crippen LogP contribution in [0.1, 0.15) is 25.7 Å². The first-order valence-electron chi connectivity index (χ1n) is 7.25. The Kier molecular flexibility index (Phi) is 7.72. The van der Waals surface area contributed by atoms with Crippen LogP contribution in [0.5, 0.6) is 0 Å². The van der Waals surface area contributed by atoms with E-state index in [2.05, 4.69) is 10.6 Å². The van der Waals surface area contributed by atoms with Gasteiger partial charge in [0.15, 0.2) is 0 Å². The number of rotatable bonds is 9. The van der Waals surface area contributed by atoms with Crippen molar-refractivity contribution in [2.45, 2.75) is 25.7 Å². The molecular formula is C16H20N4O3. The van der Waals surface area contributed by atoms with Crippen LogP contribution in [0.15, 0.2) is 36.0 Å². The van der Waals surface area contributed by atoms with Crippen LogP contribution in [0.25, 0.3) is 0 Å². The first kappa shape index (κ1) is 18.0. The van der Waals surface area contributed by atoms with E-state index in [0.29, 0.717) is 24.3 Å². The summed E-state index contributed by atoms with van der Waals surface area (Å²) >= 11 is 0. The molecule has 122 valence electrons. The maximum atomic E-state index is 11.9. The van der Waals surface area contributed by atoms with E-state index in [-0.39, 0.29) is 12.0 Å². The van der Waals surface area contributed by atoms with Crippen LogP contribution in [0, 0.1) is 11.3 Å². The molecule has 0 saturated carbocycles. The van der Waals surface area contributed by atoms with Crippen molar-refractivity contribution in [2.75, 3.05) is 17.6 Å². The van der Waals surface area contributed by atoms with E-state index in [1.54, 1.807) is 24.3 Å². The van der Waals surface area contributed by atoms with E-state index in [1.807, 2.05) is 6.07 Å². The van der Waals surface area contributed by atoms with Crippen LogP contribution in [0.3, 0.4) is 0 Å². The third-order valence-electron chi connectivity index (χ3n) is 2.99. The number of nitrogens with two attached hydrogens (primary N) is 1. The lowest BCUT2D eigenvalue weighted by molar-refractivity contribution is -0.137. The van der Waals surface area contributed by atoms with Crippen LogP contribution in [-0.4, -0.2) is 23.5 Å². The van der Waals surface area contributed by atoms with Gasteiger partial charge in [-0.1, -0.05) is 6.42 Å². The molecule has 0 aromatic heterocycles. The van der Waals surface area contributed by atoms with Gasteiger partial charge in [0, 0.05) is 30.5 Å². The van der Waals surface area contributed by atoms with E-state index in [9.17, 15) is 9.59 Å². The average Bonchev–Trinajstić information content (AvgIpc) is 2.52. The van der Waals surface area contributed by atoms with Gasteiger partial charge in [-0.25, -0.2) is 0 Å². The summed E-state index contributed by atoms with van der Waals surface area (Å²) in [4.78, 5) is 22.3. The fourth-order valence-electron chi connectivity index (χ4n) is 1.77. The number of anilines is 2. The number of carbonyl (C=O) groups excluding carboxylic acids is 1. The number of nitrogens with zero attached hydrogens (tertiary/aromatic N) is 1. The molecule has 1 aromatic carbocycles. The van der Waals surface area contributed by atoms with Crippen molar-refractivity contribution in [1.29, 1.82) is 5.26 Å². The highest BCUT2D eigenvalue weighted by Gasteiger charge is 2.08. The molecule has 0 aliphatic carbocycles. The molecular weight excluding hydrogens is 296 g/mol. The second kappa shape index (κ2) is 9.84. The van der Waals surface area contributed by atoms with Crippen molar-refractivity contribution < 1.29 is 14.7 Å². The number of amides is 1. The lowest BCUT2D eigenvalue weighted by Gasteiger charge is -2.05. The minimum Gasteiger partial charge on any atom is -0.481 e. The van der Waals surface area contributed by atoms with Gasteiger partial charge < -0.3 is 21.5 Å². The number of nitriles is 1. The van der Waals surface area contributed by atoms with Crippen LogP contribution < -0.4 is 16.4 Å². The maximum absolute atomic E-state index is 11.9. The van der Waals surface area contributed by atoms with Crippen molar-refractivity contribution in [1.82, 2.24) is 5.32 Å². The molecule has 7 nitrogen and oxygen atoms in total. The Hall–Kier alpha value is -3.01. The second-order valence-electron chi connectivity index (χ2n) is 4.90. The molecule has 7 heteroatoms. The number of carboxylic acids is 1. The molecule has 0 aliphatic rings. The number of hydrogen-bond donors (Lipinski definition) is 4. The Labute approximate surface area is 134 Å². The molecule has 0 bridgehead atoms. The summed E-state index contributed by atoms with van der Waals surface area (Å²) in [7, 11) is 0. The van der Waals surface area contributed by atoms with Gasteiger partial charge in [0.1, 0.15) is 11.6 Å². The number of unbranched alkanes of at least 4 members (excludes halogenated alkanes) is 2. The quantitative estimate of drug-likeness (QED) is 0.238. The van der Waals surface area contributed by atoms with Gasteiger partial charge in [-0.3, -0.25) is 9.59 Å². The van der Waals surface area contributed by atoms with Crippen molar-refractivity contribution in [3.63, 3.8) is 0 Å². The van der Waals surface area contributed by atoms with Crippen molar-refractivity contribution in [2.24, 2.45) is 0 Å². The predicted octanol–water partition coefficient (Wildman–Crippen LogP) is 1.85. The van der Waals surface area contributed by atoms with Gasteiger partial charge in [0.25, 0.3) is 5.91 Å². The highest BCUT2D eigenvalue weighted by Crippen LogP contribution is 2.11. The summed E-state index contributed by atoms with van der Waals surface area (Å²) < 4.78 is 0. The predicted molar refractivity (Wildman–Crippen MR) is 87.3 cm³/mol. The Morgan fingerprint density at radius 3 is 2.52 bits per heavy atom. The average molecular weight is 316 g/mol. The maximum Gasteiger partial charge on any atom is 0.303 e. The standard InChI is InChI=1S/C16H20N4O3/c17-10-12(11-19-9-3-1-2-4-15(21)22)16(23)20-14-7-5-13(18)6-8-14/h5-8,11,19H,1-4,9,18H2,(H,20,23)(H,21,22)/b12-11-. The van der Waals surface area contributed by atoms with Crippen molar-refractivity contribution >= 4 is 23.3 Å². The van der Waals surface area contributed by atoms with Crippen LogP contribution in [0.4, 0.5) is 11.4 Å². The molecule has 0 radical (unpaired) electrons. The van der Waals surface area contributed by atoms with Gasteiger partial charge in [-0.15, -0.1) is 0 Å². The number of carboxylic acid groups (broad SMARTS) is 1. The molecule has 0 spiro atoms. The first-order valence-corrected chi connectivity index (χ1v) is 7.25. The largest absolute Gasteiger partial charge is 0.481 e. The normalized spacial score (nSPS) is 10.7. The summed E-state index contributed by atoms with van der Waals surface area (Å²) in [5.41, 5.74) is 6.66. The van der Waals surface area contributed by atoms with Crippen molar-refractivity contribution in [3.8, 4) is 6.07 Å². The topological polar surface area (TPSA) is 128 Å². The van der Waals surface area contributed by atoms with Crippen LogP contribution in [0.2, 0.25) is 0 Å². The second-order valence-corrected chi connectivity index (χ2v) is 4.90. The summed E-state index contributed by atoms with van der Waals surface area (Å²) in [6, 6.07) is 8.44. The fourth-order valence-corrected chi connectivity index (χ4v) is 1.77. The minimum atomic E-state index is -0.802. The number of hydrogen-bond acceptors (Lipinski definition) is 5. The van der Waals surface area contributed by atoms with E-state index < -0.39 is 11.9 Å². The lowest BCUT2D eigenvalue weighted by Crippen LogP contribution is -2.17. The van der Waals surface area contributed by atoms with E-state index in [0.717, 1.165) is 12.8 Å². The zero-order valence-corrected chi connectivity index (χ0v) is 12.7. The summed E-state index contributed by atoms with van der Waals surface area (Å²) in [6.45, 7) is 0.569. The molecule has 0 saturated heterocycles.